The minimum absolute atomic E-state index is 0.145. The van der Waals surface area contributed by atoms with Crippen LogP contribution < -0.4 is 5.32 Å². The van der Waals surface area contributed by atoms with Crippen LogP contribution in [-0.4, -0.2) is 40.0 Å². The van der Waals surface area contributed by atoms with Crippen LogP contribution in [0.15, 0.2) is 60.1 Å². The van der Waals surface area contributed by atoms with E-state index in [1.54, 1.807) is 12.4 Å². The summed E-state index contributed by atoms with van der Waals surface area (Å²) in [6, 6.07) is 11.6. The van der Waals surface area contributed by atoms with Crippen molar-refractivity contribution in [2.45, 2.75) is 0 Å². The Kier molecular flexibility index (Phi) is 4.71. The quantitative estimate of drug-likeness (QED) is 0.368. The number of aromatic nitrogens is 2. The normalized spacial score (nSPS) is 11.4. The number of H-pyrrole nitrogens is 1. The van der Waals surface area contributed by atoms with Crippen molar-refractivity contribution in [2.24, 2.45) is 5.16 Å². The summed E-state index contributed by atoms with van der Waals surface area (Å²) < 4.78 is 0. The number of nitrogens with one attached hydrogen (secondary N) is 2. The summed E-state index contributed by atoms with van der Waals surface area (Å²) in [5, 5.41) is 16.0. The molecule has 3 N–H and O–H groups in total. The molecule has 0 saturated carbocycles. The highest BCUT2D eigenvalue weighted by molar-refractivity contribution is 6.19. The molecule has 0 radical (unpaired) electrons. The molecule has 0 saturated heterocycles. The van der Waals surface area contributed by atoms with Gasteiger partial charge in [0.15, 0.2) is 0 Å². The third-order valence-electron chi connectivity index (χ3n) is 3.41. The highest BCUT2D eigenvalue weighted by Gasteiger charge is 2.13. The fourth-order valence-electron chi connectivity index (χ4n) is 2.34. The van der Waals surface area contributed by atoms with Crippen LogP contribution in [0, 0.1) is 0 Å². The number of amides is 1. The van der Waals surface area contributed by atoms with E-state index in [1.165, 1.54) is 0 Å². The van der Waals surface area contributed by atoms with Gasteiger partial charge in [0.25, 0.3) is 0 Å². The third kappa shape index (κ3) is 3.52. The molecule has 2 aromatic heterocycles. The summed E-state index contributed by atoms with van der Waals surface area (Å²) in [6.07, 6.45) is 4.24. The van der Waals surface area contributed by atoms with Gasteiger partial charge >= 0.3 is 6.09 Å². The lowest BCUT2D eigenvalue weighted by atomic mass is 10.0. The molecule has 0 bridgehead atoms. The van der Waals surface area contributed by atoms with Crippen LogP contribution in [-0.2, 0) is 4.84 Å². The van der Waals surface area contributed by atoms with Gasteiger partial charge in [0.2, 0.25) is 0 Å². The Morgan fingerprint density at radius 1 is 1.29 bits per heavy atom. The molecular weight excluding hydrogens is 308 g/mol. The van der Waals surface area contributed by atoms with E-state index < -0.39 is 6.09 Å². The second-order valence-corrected chi connectivity index (χ2v) is 4.99. The average molecular weight is 324 g/mol. The molecule has 1 amide bonds. The number of benzene rings is 1. The number of nitrogens with zero attached hydrogens (tertiary/aromatic N) is 2. The molecule has 2 heterocycles. The van der Waals surface area contributed by atoms with Crippen molar-refractivity contribution in [3.63, 3.8) is 0 Å². The highest BCUT2D eigenvalue weighted by atomic mass is 16.6. The zero-order chi connectivity index (χ0) is 16.8. The first-order chi connectivity index (χ1) is 11.8. The van der Waals surface area contributed by atoms with E-state index in [9.17, 15) is 4.79 Å². The molecule has 0 aliphatic heterocycles. The van der Waals surface area contributed by atoms with Crippen LogP contribution in [0.5, 0.6) is 0 Å². The molecule has 122 valence electrons. The zero-order valence-electron chi connectivity index (χ0n) is 12.8. The Labute approximate surface area is 138 Å². The Morgan fingerprint density at radius 2 is 2.12 bits per heavy atom. The van der Waals surface area contributed by atoms with Crippen LogP contribution in [0.1, 0.15) is 11.1 Å². The fraction of sp³-hybridized carbons (Fsp3) is 0.118. The molecule has 24 heavy (non-hydrogen) atoms. The summed E-state index contributed by atoms with van der Waals surface area (Å²) in [7, 11) is 0. The van der Waals surface area contributed by atoms with Gasteiger partial charge in [0.1, 0.15) is 12.3 Å². The van der Waals surface area contributed by atoms with Crippen molar-refractivity contribution >= 4 is 22.7 Å². The topological polar surface area (TPSA) is 99.6 Å². The molecule has 0 unspecified atom stereocenters. The molecule has 7 nitrogen and oxygen atoms in total. The molecule has 3 rings (SSSR count). The summed E-state index contributed by atoms with van der Waals surface area (Å²) >= 11 is 0. The van der Waals surface area contributed by atoms with E-state index in [-0.39, 0.29) is 13.2 Å². The minimum Gasteiger partial charge on any atom is -0.465 e. The van der Waals surface area contributed by atoms with Crippen LogP contribution >= 0.6 is 0 Å². The van der Waals surface area contributed by atoms with Crippen LogP contribution in [0.3, 0.4) is 0 Å². The van der Waals surface area contributed by atoms with Gasteiger partial charge < -0.3 is 20.2 Å². The number of rotatable bonds is 6. The predicted molar refractivity (Wildman–Crippen MR) is 90.2 cm³/mol. The minimum atomic E-state index is -1.09. The third-order valence-corrected chi connectivity index (χ3v) is 3.41. The van der Waals surface area contributed by atoms with Gasteiger partial charge in [-0.15, -0.1) is 0 Å². The summed E-state index contributed by atoms with van der Waals surface area (Å²) in [6.45, 7) is 0.311. The van der Waals surface area contributed by atoms with Crippen molar-refractivity contribution in [3.05, 3.63) is 66.1 Å². The first-order valence-corrected chi connectivity index (χ1v) is 7.39. The Bertz CT molecular complexity index is 858. The van der Waals surface area contributed by atoms with E-state index in [2.05, 4.69) is 20.4 Å². The number of carboxylic acid groups (broad SMARTS) is 1. The number of oxime groups is 1. The molecule has 3 aromatic rings. The van der Waals surface area contributed by atoms with Gasteiger partial charge in [-0.25, -0.2) is 4.79 Å². The maximum Gasteiger partial charge on any atom is 0.404 e. The van der Waals surface area contributed by atoms with Gasteiger partial charge in [-0.05, 0) is 6.07 Å². The van der Waals surface area contributed by atoms with Crippen molar-refractivity contribution in [3.8, 4) is 0 Å². The smallest absolute Gasteiger partial charge is 0.404 e. The second-order valence-electron chi connectivity index (χ2n) is 4.99. The Morgan fingerprint density at radius 3 is 2.92 bits per heavy atom. The molecule has 0 aliphatic rings. The maximum atomic E-state index is 10.4. The lowest BCUT2D eigenvalue weighted by Crippen LogP contribution is -2.24. The second kappa shape index (κ2) is 7.28. The lowest BCUT2D eigenvalue weighted by Gasteiger charge is -2.07. The van der Waals surface area contributed by atoms with Crippen molar-refractivity contribution in [1.82, 2.24) is 15.3 Å². The molecular formula is C17H16N4O3. The number of pyridine rings is 1. The Balaban J connectivity index is 1.89. The molecule has 0 spiro atoms. The Hall–Kier alpha value is -3.35. The van der Waals surface area contributed by atoms with Crippen LogP contribution in [0.4, 0.5) is 4.79 Å². The van der Waals surface area contributed by atoms with E-state index >= 15 is 0 Å². The first-order valence-electron chi connectivity index (χ1n) is 7.39. The lowest BCUT2D eigenvalue weighted by molar-refractivity contribution is 0.141. The SMILES string of the molecule is O=C(O)NCCON=C(c1ccccc1)c1c[nH]c2cnccc12. The van der Waals surface area contributed by atoms with E-state index in [0.717, 1.165) is 22.0 Å². The van der Waals surface area contributed by atoms with E-state index in [0.29, 0.717) is 5.71 Å². The molecule has 7 heteroatoms. The number of carbonyl (C=O) groups is 1. The van der Waals surface area contributed by atoms with Gasteiger partial charge in [-0.1, -0.05) is 35.5 Å². The van der Waals surface area contributed by atoms with Gasteiger partial charge in [0, 0.05) is 28.9 Å². The monoisotopic (exact) mass is 324 g/mol. The summed E-state index contributed by atoms with van der Waals surface area (Å²) in [5.41, 5.74) is 3.37. The largest absolute Gasteiger partial charge is 0.465 e. The average Bonchev–Trinajstić information content (AvgIpc) is 3.02. The summed E-state index contributed by atoms with van der Waals surface area (Å²) in [5.74, 6) is 0. The fourth-order valence-corrected chi connectivity index (χ4v) is 2.34. The van der Waals surface area contributed by atoms with Gasteiger partial charge in [-0.3, -0.25) is 4.98 Å². The maximum absolute atomic E-state index is 10.4. The molecule has 0 atom stereocenters. The number of hydrogen-bond donors (Lipinski definition) is 3. The van der Waals surface area contributed by atoms with Crippen LogP contribution in [0.25, 0.3) is 10.9 Å². The van der Waals surface area contributed by atoms with Crippen molar-refractivity contribution in [2.75, 3.05) is 13.2 Å². The van der Waals surface area contributed by atoms with Crippen molar-refractivity contribution < 1.29 is 14.7 Å². The van der Waals surface area contributed by atoms with E-state index in [1.807, 2.05) is 42.6 Å². The number of aromatic amines is 1. The molecule has 0 fully saturated rings. The van der Waals surface area contributed by atoms with E-state index in [4.69, 9.17) is 9.94 Å². The molecule has 0 aliphatic carbocycles. The van der Waals surface area contributed by atoms with Gasteiger partial charge in [0.05, 0.1) is 18.3 Å². The zero-order valence-corrected chi connectivity index (χ0v) is 12.8. The summed E-state index contributed by atoms with van der Waals surface area (Å²) in [4.78, 5) is 23.0. The van der Waals surface area contributed by atoms with Crippen LogP contribution in [0.2, 0.25) is 0 Å². The van der Waals surface area contributed by atoms with Gasteiger partial charge in [-0.2, -0.15) is 0 Å². The first kappa shape index (κ1) is 15.5. The standard InChI is InChI=1S/C17H16N4O3/c22-17(23)19-8-9-24-21-16(12-4-2-1-3-5-12)14-10-20-15-11-18-7-6-13(14)15/h1-7,10-11,19-20H,8-9H2,(H,22,23). The molecule has 1 aromatic carbocycles. The van der Waals surface area contributed by atoms with Crippen molar-refractivity contribution in [1.29, 1.82) is 0 Å². The highest BCUT2D eigenvalue weighted by Crippen LogP contribution is 2.21. The number of fused-ring (bicyclic) bond motifs is 1. The number of hydrogen-bond acceptors (Lipinski definition) is 4. The predicted octanol–water partition coefficient (Wildman–Crippen LogP) is 2.60.